The molecule has 0 spiro atoms. The van der Waals surface area contributed by atoms with Gasteiger partial charge in [0, 0.05) is 0 Å². The third-order valence-electron chi connectivity index (χ3n) is 21.8. The zero-order valence-electron chi connectivity index (χ0n) is 38.6. The van der Waals surface area contributed by atoms with Crippen molar-refractivity contribution in [2.24, 2.45) is 105 Å². The minimum Gasteiger partial charge on any atom is -0.0715 e. The highest BCUT2D eigenvalue weighted by molar-refractivity contribution is 6.38. The fourth-order valence-corrected chi connectivity index (χ4v) is 17.7. The van der Waals surface area contributed by atoms with Crippen molar-refractivity contribution < 1.29 is 0 Å². The molecule has 7 aliphatic carbocycles. The minimum atomic E-state index is 0.390. The first kappa shape index (κ1) is 42.2. The highest BCUT2D eigenvalue weighted by atomic mass is 14.7. The average Bonchev–Trinajstić information content (AvgIpc) is 3.68. The van der Waals surface area contributed by atoms with E-state index in [-0.39, 0.29) is 0 Å². The molecule has 0 aromatic heterocycles. The third kappa shape index (κ3) is 7.67. The zero-order chi connectivity index (χ0) is 38.6. The maximum absolute atomic E-state index is 2.82. The fourth-order valence-electron chi connectivity index (χ4n) is 17.7. The summed E-state index contributed by atoms with van der Waals surface area (Å²) in [6.07, 6.45) is 35.6. The van der Waals surface area contributed by atoms with Crippen LogP contribution in [-0.2, 0) is 0 Å². The topological polar surface area (TPSA) is 0 Å². The highest BCUT2D eigenvalue weighted by Gasteiger charge is 2.62. The second-order valence-corrected chi connectivity index (χ2v) is 25.1. The zero-order valence-corrected chi connectivity index (χ0v) is 38.6. The Morgan fingerprint density at radius 3 is 1.70 bits per heavy atom. The van der Waals surface area contributed by atoms with Crippen LogP contribution in [0.5, 0.6) is 0 Å². The first-order valence-electron chi connectivity index (χ1n) is 25.6. The van der Waals surface area contributed by atoms with E-state index in [4.69, 9.17) is 0 Å². The molecule has 0 heterocycles. The van der Waals surface area contributed by atoms with E-state index >= 15 is 0 Å². The summed E-state index contributed by atoms with van der Waals surface area (Å²) in [5.41, 5.74) is 2.08. The van der Waals surface area contributed by atoms with Crippen molar-refractivity contribution in [2.75, 3.05) is 0 Å². The number of hydrogen-bond donors (Lipinski definition) is 0. The van der Waals surface area contributed by atoms with Crippen LogP contribution in [0.25, 0.3) is 0 Å². The van der Waals surface area contributed by atoms with Gasteiger partial charge in [0.2, 0.25) is 0 Å². The maximum Gasteiger partial charge on any atom is 0.125 e. The monoisotopic (exact) mass is 743 g/mol. The molecule has 310 valence electrons. The van der Waals surface area contributed by atoms with Gasteiger partial charge >= 0.3 is 0 Å². The van der Waals surface area contributed by atoms with Crippen molar-refractivity contribution >= 4 is 7.28 Å². The standard InChI is InChI=1S/C53H95B/c1-12-14-16-19-29-53(28-15-13-2)45-21-18-17-20-40(45)43-26-23-38(32-48(43)53)37-22-25-41-42-27-24-39(33-47(42)52(10,11)46(41)31-37)44-30-35(3)49(36(44)4)54-34-51(8,9)50(5,6)7/h35-49,54H,12-34H2,1-11H3/t35?,36?,37?,38?,39?,40?,41?,42?,43?,44?,45?,46?,47?,48?,49-,53?/m0/s1. The lowest BCUT2D eigenvalue weighted by Crippen LogP contribution is -2.40. The lowest BCUT2D eigenvalue weighted by atomic mass is 9.47. The van der Waals surface area contributed by atoms with Crippen LogP contribution >= 0.6 is 0 Å². The molecule has 16 atom stereocenters. The Kier molecular flexibility index (Phi) is 13.0. The highest BCUT2D eigenvalue weighted by Crippen LogP contribution is 2.70. The van der Waals surface area contributed by atoms with Gasteiger partial charge in [-0.3, -0.25) is 0 Å². The number of unbranched alkanes of at least 4 members (excludes halogenated alkanes) is 4. The number of rotatable bonds is 13. The Balaban J connectivity index is 1.02. The number of hydrogen-bond acceptors (Lipinski definition) is 0. The van der Waals surface area contributed by atoms with Crippen LogP contribution in [0.2, 0.25) is 12.1 Å². The van der Waals surface area contributed by atoms with E-state index < -0.39 is 0 Å². The van der Waals surface area contributed by atoms with Gasteiger partial charge in [0.05, 0.1) is 0 Å². The van der Waals surface area contributed by atoms with E-state index in [1.54, 1.807) is 96.3 Å². The van der Waals surface area contributed by atoms with Crippen molar-refractivity contribution in [3.05, 3.63) is 0 Å². The van der Waals surface area contributed by atoms with E-state index in [2.05, 4.69) is 76.2 Å². The summed E-state index contributed by atoms with van der Waals surface area (Å²) in [7, 11) is 1.46. The molecular formula is C53H95B. The summed E-state index contributed by atoms with van der Waals surface area (Å²) in [5.74, 6) is 15.4. The first-order chi connectivity index (χ1) is 25.6. The summed E-state index contributed by atoms with van der Waals surface area (Å²) in [6, 6.07) is 0. The van der Waals surface area contributed by atoms with Crippen LogP contribution in [0.15, 0.2) is 0 Å². The number of fused-ring (bicyclic) bond motifs is 6. The molecule has 54 heavy (non-hydrogen) atoms. The van der Waals surface area contributed by atoms with Gasteiger partial charge in [-0.1, -0.05) is 140 Å². The molecule has 0 amide bonds. The molecule has 0 radical (unpaired) electrons. The van der Waals surface area contributed by atoms with Crippen LogP contribution in [-0.4, -0.2) is 7.28 Å². The maximum atomic E-state index is 2.82. The summed E-state index contributed by atoms with van der Waals surface area (Å²) in [4.78, 5) is 0. The molecule has 0 aromatic carbocycles. The van der Waals surface area contributed by atoms with E-state index in [1.165, 1.54) is 58.5 Å². The minimum absolute atomic E-state index is 0.390. The molecule has 1 heteroatoms. The Bertz CT molecular complexity index is 1210. The smallest absolute Gasteiger partial charge is 0.0715 e. The Morgan fingerprint density at radius 2 is 1.07 bits per heavy atom. The van der Waals surface area contributed by atoms with Crippen LogP contribution in [0, 0.1) is 105 Å². The van der Waals surface area contributed by atoms with Gasteiger partial charge in [0.1, 0.15) is 7.28 Å². The average molecular weight is 743 g/mol. The van der Waals surface area contributed by atoms with Crippen molar-refractivity contribution in [1.82, 2.24) is 0 Å². The normalized spacial score (nSPS) is 46.1. The molecule has 7 fully saturated rings. The molecule has 0 aliphatic heterocycles. The molecule has 7 rings (SSSR count). The first-order valence-corrected chi connectivity index (χ1v) is 25.6. The lowest BCUT2D eigenvalue weighted by molar-refractivity contribution is 0.00895. The van der Waals surface area contributed by atoms with Crippen LogP contribution in [0.4, 0.5) is 0 Å². The molecule has 15 unspecified atom stereocenters. The SMILES string of the molecule is CCCCCCC1(CCCC)C2CCCCC2C2CCC(C3CCC4C5CCC(C6CC(C)[C@H](BCC(C)(C)C(C)(C)C)C6C)CC5C(C)(C)C4C3)CC21. The Morgan fingerprint density at radius 1 is 0.537 bits per heavy atom. The Labute approximate surface area is 340 Å². The molecule has 7 aliphatic rings. The summed E-state index contributed by atoms with van der Waals surface area (Å²) >= 11 is 0. The third-order valence-corrected chi connectivity index (χ3v) is 21.8. The fraction of sp³-hybridized carbons (Fsp3) is 1.00. The largest absolute Gasteiger partial charge is 0.125 e. The van der Waals surface area contributed by atoms with E-state index in [0.29, 0.717) is 21.7 Å². The van der Waals surface area contributed by atoms with Gasteiger partial charge in [-0.25, -0.2) is 0 Å². The van der Waals surface area contributed by atoms with E-state index in [9.17, 15) is 0 Å². The van der Waals surface area contributed by atoms with Gasteiger partial charge in [0.25, 0.3) is 0 Å². The van der Waals surface area contributed by atoms with E-state index in [1.807, 2.05) is 0 Å². The quantitative estimate of drug-likeness (QED) is 0.130. The predicted molar refractivity (Wildman–Crippen MR) is 238 cm³/mol. The molecule has 7 saturated carbocycles. The summed E-state index contributed by atoms with van der Waals surface area (Å²) in [5, 5.41) is 0. The van der Waals surface area contributed by atoms with Crippen molar-refractivity contribution in [1.29, 1.82) is 0 Å². The lowest BCUT2D eigenvalue weighted by Gasteiger charge is -2.49. The van der Waals surface area contributed by atoms with Gasteiger partial charge in [-0.05, 0) is 194 Å². The molecule has 0 saturated heterocycles. The second-order valence-electron chi connectivity index (χ2n) is 25.1. The van der Waals surface area contributed by atoms with Gasteiger partial charge in [-0.15, -0.1) is 0 Å². The second kappa shape index (κ2) is 16.6. The summed E-state index contributed by atoms with van der Waals surface area (Å²) < 4.78 is 0. The predicted octanol–water partition coefficient (Wildman–Crippen LogP) is 16.1. The summed E-state index contributed by atoms with van der Waals surface area (Å²) in [6.45, 7) is 28.4. The van der Waals surface area contributed by atoms with Gasteiger partial charge in [-0.2, -0.15) is 0 Å². The molecule has 0 N–H and O–H groups in total. The Hall–Kier alpha value is 0.0649. The van der Waals surface area contributed by atoms with Crippen molar-refractivity contribution in [3.8, 4) is 0 Å². The van der Waals surface area contributed by atoms with Gasteiger partial charge in [0.15, 0.2) is 0 Å². The molecule has 0 aromatic rings. The molecule has 0 nitrogen and oxygen atoms in total. The van der Waals surface area contributed by atoms with E-state index in [0.717, 1.165) is 88.7 Å². The molecular weight excluding hydrogens is 647 g/mol. The van der Waals surface area contributed by atoms with Crippen molar-refractivity contribution in [3.63, 3.8) is 0 Å². The van der Waals surface area contributed by atoms with Crippen LogP contribution in [0.3, 0.4) is 0 Å². The van der Waals surface area contributed by atoms with Crippen LogP contribution < -0.4 is 0 Å². The van der Waals surface area contributed by atoms with Crippen molar-refractivity contribution in [2.45, 2.75) is 230 Å². The molecule has 0 bridgehead atoms. The van der Waals surface area contributed by atoms with Gasteiger partial charge < -0.3 is 0 Å². The van der Waals surface area contributed by atoms with Crippen LogP contribution in [0.1, 0.15) is 217 Å².